The van der Waals surface area contributed by atoms with E-state index in [1.165, 1.54) is 12.1 Å². The first kappa shape index (κ1) is 12.0. The standard InChI is InChI=1S/C10H9N3O2S2/c1-7-11-12-10(17-7)16-6-8-2-4-9(5-3-8)13(14)15/h2-5H,6H2,1H3. The fraction of sp³-hybridized carbons (Fsp3) is 0.200. The third-order valence-corrected chi connectivity index (χ3v) is 4.06. The maximum absolute atomic E-state index is 10.5. The van der Waals surface area contributed by atoms with Crippen LogP contribution in [0.1, 0.15) is 10.6 Å². The maximum atomic E-state index is 10.5. The van der Waals surface area contributed by atoms with Crippen LogP contribution in [0.3, 0.4) is 0 Å². The van der Waals surface area contributed by atoms with Gasteiger partial charge in [0.25, 0.3) is 5.69 Å². The summed E-state index contributed by atoms with van der Waals surface area (Å²) < 4.78 is 0.917. The van der Waals surface area contributed by atoms with Gasteiger partial charge in [0, 0.05) is 17.9 Å². The molecule has 1 aromatic carbocycles. The summed E-state index contributed by atoms with van der Waals surface area (Å²) in [4.78, 5) is 10.1. The fourth-order valence-corrected chi connectivity index (χ4v) is 2.97. The average Bonchev–Trinajstić information content (AvgIpc) is 2.73. The van der Waals surface area contributed by atoms with E-state index in [1.54, 1.807) is 35.2 Å². The second-order valence-corrected chi connectivity index (χ2v) is 5.70. The number of rotatable bonds is 4. The largest absolute Gasteiger partial charge is 0.269 e. The van der Waals surface area contributed by atoms with Gasteiger partial charge in [-0.05, 0) is 12.5 Å². The van der Waals surface area contributed by atoms with Crippen molar-refractivity contribution in [1.29, 1.82) is 0 Å². The molecule has 88 valence electrons. The number of non-ortho nitro benzene ring substituents is 1. The predicted molar refractivity (Wildman–Crippen MR) is 67.3 cm³/mol. The quantitative estimate of drug-likeness (QED) is 0.484. The first-order chi connectivity index (χ1) is 8.15. The van der Waals surface area contributed by atoms with Gasteiger partial charge in [-0.15, -0.1) is 10.2 Å². The van der Waals surface area contributed by atoms with Gasteiger partial charge in [0.15, 0.2) is 4.34 Å². The Kier molecular flexibility index (Phi) is 3.70. The molecule has 0 atom stereocenters. The minimum absolute atomic E-state index is 0.116. The zero-order valence-electron chi connectivity index (χ0n) is 8.99. The number of aryl methyl sites for hydroxylation is 1. The van der Waals surface area contributed by atoms with E-state index in [4.69, 9.17) is 0 Å². The molecular weight excluding hydrogens is 258 g/mol. The minimum Gasteiger partial charge on any atom is -0.258 e. The van der Waals surface area contributed by atoms with Gasteiger partial charge < -0.3 is 0 Å². The van der Waals surface area contributed by atoms with Gasteiger partial charge >= 0.3 is 0 Å². The first-order valence-electron chi connectivity index (χ1n) is 4.81. The van der Waals surface area contributed by atoms with Crippen molar-refractivity contribution in [2.75, 3.05) is 0 Å². The zero-order valence-corrected chi connectivity index (χ0v) is 10.6. The highest BCUT2D eigenvalue weighted by Crippen LogP contribution is 2.26. The maximum Gasteiger partial charge on any atom is 0.269 e. The van der Waals surface area contributed by atoms with Crippen LogP contribution in [-0.2, 0) is 5.75 Å². The Hall–Kier alpha value is -1.47. The van der Waals surface area contributed by atoms with Gasteiger partial charge in [-0.1, -0.05) is 35.2 Å². The molecule has 0 N–H and O–H groups in total. The first-order valence-corrected chi connectivity index (χ1v) is 6.61. The van der Waals surface area contributed by atoms with Crippen LogP contribution >= 0.6 is 23.1 Å². The molecule has 2 rings (SSSR count). The summed E-state index contributed by atoms with van der Waals surface area (Å²) in [6, 6.07) is 6.56. The van der Waals surface area contributed by atoms with Crippen molar-refractivity contribution in [3.05, 3.63) is 45.0 Å². The minimum atomic E-state index is -0.398. The summed E-state index contributed by atoms with van der Waals surface area (Å²) in [7, 11) is 0. The Labute approximate surface area is 106 Å². The molecule has 0 amide bonds. The Bertz CT molecular complexity index is 525. The van der Waals surface area contributed by atoms with Crippen molar-refractivity contribution in [3.63, 3.8) is 0 Å². The molecular formula is C10H9N3O2S2. The topological polar surface area (TPSA) is 68.9 Å². The molecule has 0 saturated carbocycles. The van der Waals surface area contributed by atoms with Crippen LogP contribution in [0, 0.1) is 17.0 Å². The van der Waals surface area contributed by atoms with E-state index in [1.807, 2.05) is 6.92 Å². The summed E-state index contributed by atoms with van der Waals surface area (Å²) in [6.07, 6.45) is 0. The molecule has 0 saturated heterocycles. The number of nitrogens with zero attached hydrogens (tertiary/aromatic N) is 3. The van der Waals surface area contributed by atoms with Gasteiger partial charge in [0.05, 0.1) is 4.92 Å². The number of hydrogen-bond acceptors (Lipinski definition) is 6. The number of nitro groups is 1. The van der Waals surface area contributed by atoms with Crippen LogP contribution in [0.5, 0.6) is 0 Å². The fourth-order valence-electron chi connectivity index (χ4n) is 1.20. The highest BCUT2D eigenvalue weighted by molar-refractivity contribution is 8.00. The van der Waals surface area contributed by atoms with E-state index in [-0.39, 0.29) is 5.69 Å². The van der Waals surface area contributed by atoms with Gasteiger partial charge in [0.2, 0.25) is 0 Å². The van der Waals surface area contributed by atoms with Crippen LogP contribution in [0.25, 0.3) is 0 Å². The van der Waals surface area contributed by atoms with E-state index in [0.29, 0.717) is 0 Å². The van der Waals surface area contributed by atoms with Crippen LogP contribution in [-0.4, -0.2) is 15.1 Å². The number of hydrogen-bond donors (Lipinski definition) is 0. The molecule has 1 heterocycles. The number of thioether (sulfide) groups is 1. The van der Waals surface area contributed by atoms with Gasteiger partial charge in [-0.25, -0.2) is 0 Å². The van der Waals surface area contributed by atoms with E-state index >= 15 is 0 Å². The van der Waals surface area contributed by atoms with Crippen LogP contribution in [0.2, 0.25) is 0 Å². The Balaban J connectivity index is 1.97. The van der Waals surface area contributed by atoms with Crippen molar-refractivity contribution >= 4 is 28.8 Å². The highest BCUT2D eigenvalue weighted by Gasteiger charge is 2.05. The van der Waals surface area contributed by atoms with Crippen LogP contribution in [0.4, 0.5) is 5.69 Å². The molecule has 0 bridgehead atoms. The number of benzene rings is 1. The second-order valence-electron chi connectivity index (χ2n) is 3.30. The lowest BCUT2D eigenvalue weighted by molar-refractivity contribution is -0.384. The molecule has 7 heteroatoms. The number of aromatic nitrogens is 2. The molecule has 5 nitrogen and oxygen atoms in total. The molecule has 17 heavy (non-hydrogen) atoms. The highest BCUT2D eigenvalue weighted by atomic mass is 32.2. The smallest absolute Gasteiger partial charge is 0.258 e. The SMILES string of the molecule is Cc1nnc(SCc2ccc([N+](=O)[O-])cc2)s1. The van der Waals surface area contributed by atoms with Crippen molar-refractivity contribution in [3.8, 4) is 0 Å². The van der Waals surface area contributed by atoms with E-state index in [9.17, 15) is 10.1 Å². The molecule has 0 aliphatic rings. The Morgan fingerprint density at radius 2 is 2.06 bits per heavy atom. The second kappa shape index (κ2) is 5.24. The van der Waals surface area contributed by atoms with Crippen LogP contribution < -0.4 is 0 Å². The lowest BCUT2D eigenvalue weighted by Crippen LogP contribution is -1.88. The lowest BCUT2D eigenvalue weighted by Gasteiger charge is -1.98. The summed E-state index contributed by atoms with van der Waals surface area (Å²) in [6.45, 7) is 1.91. The average molecular weight is 267 g/mol. The third-order valence-electron chi connectivity index (χ3n) is 2.02. The molecule has 2 aromatic rings. The zero-order chi connectivity index (χ0) is 12.3. The lowest BCUT2D eigenvalue weighted by atomic mass is 10.2. The van der Waals surface area contributed by atoms with Crippen molar-refractivity contribution in [1.82, 2.24) is 10.2 Å². The molecule has 0 aliphatic heterocycles. The normalized spacial score (nSPS) is 10.4. The molecule has 0 spiro atoms. The van der Waals surface area contributed by atoms with Gasteiger partial charge in [0.1, 0.15) is 5.01 Å². The van der Waals surface area contributed by atoms with Gasteiger partial charge in [-0.3, -0.25) is 10.1 Å². The summed E-state index contributed by atoms with van der Waals surface area (Å²) in [5.41, 5.74) is 1.15. The van der Waals surface area contributed by atoms with E-state index in [2.05, 4.69) is 10.2 Å². The van der Waals surface area contributed by atoms with Crippen molar-refractivity contribution in [2.24, 2.45) is 0 Å². The van der Waals surface area contributed by atoms with Gasteiger partial charge in [-0.2, -0.15) is 0 Å². The third kappa shape index (κ3) is 3.24. The molecule has 0 aliphatic carbocycles. The molecule has 0 fully saturated rings. The van der Waals surface area contributed by atoms with Crippen LogP contribution in [0.15, 0.2) is 28.6 Å². The van der Waals surface area contributed by atoms with E-state index < -0.39 is 4.92 Å². The summed E-state index contributed by atoms with van der Waals surface area (Å²) in [5, 5.41) is 19.3. The Morgan fingerprint density at radius 1 is 1.35 bits per heavy atom. The van der Waals surface area contributed by atoms with Crippen molar-refractivity contribution < 1.29 is 4.92 Å². The predicted octanol–water partition coefficient (Wildman–Crippen LogP) is 3.05. The molecule has 0 radical (unpaired) electrons. The monoisotopic (exact) mass is 267 g/mol. The summed E-state index contributed by atoms with van der Waals surface area (Å²) in [5.74, 6) is 0.743. The molecule has 1 aromatic heterocycles. The Morgan fingerprint density at radius 3 is 2.59 bits per heavy atom. The summed E-state index contributed by atoms with van der Waals surface area (Å²) >= 11 is 3.13. The van der Waals surface area contributed by atoms with E-state index in [0.717, 1.165) is 20.7 Å². The molecule has 0 unspecified atom stereocenters. The van der Waals surface area contributed by atoms with Crippen molar-refractivity contribution in [2.45, 2.75) is 17.0 Å². The number of nitro benzene ring substituents is 1.